The lowest BCUT2D eigenvalue weighted by atomic mass is 10.00. The fraction of sp³-hybridized carbons (Fsp3) is 0.222. The van der Waals surface area contributed by atoms with Gasteiger partial charge in [0.25, 0.3) is 0 Å². The van der Waals surface area contributed by atoms with Gasteiger partial charge >= 0.3 is 0 Å². The molecule has 0 aliphatic carbocycles. The molecule has 0 amide bonds. The maximum Gasteiger partial charge on any atom is 0.0862 e. The van der Waals surface area contributed by atoms with Crippen LogP contribution in [0.3, 0.4) is 0 Å². The zero-order valence-electron chi connectivity index (χ0n) is 7.00. The Labute approximate surface area is 81.1 Å². The van der Waals surface area contributed by atoms with Crippen LogP contribution in [0.5, 0.6) is 0 Å². The topological polar surface area (TPSA) is 67.8 Å². The van der Waals surface area contributed by atoms with Crippen LogP contribution >= 0.6 is 11.6 Å². The van der Waals surface area contributed by atoms with E-state index in [9.17, 15) is 9.90 Å². The van der Waals surface area contributed by atoms with Gasteiger partial charge in [0.05, 0.1) is 18.4 Å². The molecule has 0 aromatic heterocycles. The molecular formula is C9H10ClNO2. The molecule has 0 saturated heterocycles. The second-order valence-corrected chi connectivity index (χ2v) is 3.15. The lowest BCUT2D eigenvalue weighted by Gasteiger charge is -2.13. The van der Waals surface area contributed by atoms with Crippen LogP contribution in [0, 0.1) is 0 Å². The van der Waals surface area contributed by atoms with Crippen LogP contribution in [0.15, 0.2) is 24.3 Å². The molecule has 1 atom stereocenters. The van der Waals surface area contributed by atoms with Gasteiger partial charge in [-0.1, -0.05) is 23.7 Å². The summed E-state index contributed by atoms with van der Waals surface area (Å²) >= 11 is 5.66. The zero-order valence-corrected chi connectivity index (χ0v) is 7.75. The van der Waals surface area contributed by atoms with Crippen LogP contribution in [0.25, 0.3) is 0 Å². The Hall–Kier alpha value is -1.06. The third-order valence-electron chi connectivity index (χ3n) is 1.85. The number of aliphatic carboxylic acids is 1. The fourth-order valence-electron chi connectivity index (χ4n) is 1.12. The summed E-state index contributed by atoms with van der Waals surface area (Å²) in [7, 11) is 0. The van der Waals surface area contributed by atoms with Gasteiger partial charge in [0.1, 0.15) is 0 Å². The minimum Gasteiger partial charge on any atom is -0.549 e. The number of carbonyl (C=O) groups is 1. The first-order chi connectivity index (χ1) is 6.15. The van der Waals surface area contributed by atoms with E-state index >= 15 is 0 Å². The minimum absolute atomic E-state index is 0.282. The molecular weight excluding hydrogens is 190 g/mol. The Kier molecular flexibility index (Phi) is 3.28. The number of carbonyl (C=O) groups excluding carboxylic acids is 1. The maximum atomic E-state index is 10.6. The Morgan fingerprint density at radius 2 is 2.00 bits per heavy atom. The quantitative estimate of drug-likeness (QED) is 0.708. The van der Waals surface area contributed by atoms with E-state index in [4.69, 9.17) is 11.6 Å². The number of benzene rings is 1. The van der Waals surface area contributed by atoms with Gasteiger partial charge in [-0.25, -0.2) is 0 Å². The van der Waals surface area contributed by atoms with E-state index in [0.29, 0.717) is 10.6 Å². The Balaban J connectivity index is 2.92. The van der Waals surface area contributed by atoms with Crippen LogP contribution in [-0.4, -0.2) is 12.5 Å². The number of hydrogen-bond donors (Lipinski definition) is 1. The highest BCUT2D eigenvalue weighted by Crippen LogP contribution is 2.16. The first kappa shape index (κ1) is 10.0. The predicted molar refractivity (Wildman–Crippen MR) is 47.0 cm³/mol. The second-order valence-electron chi connectivity index (χ2n) is 2.71. The van der Waals surface area contributed by atoms with E-state index in [-0.39, 0.29) is 6.54 Å². The molecule has 13 heavy (non-hydrogen) atoms. The molecule has 0 aliphatic rings. The van der Waals surface area contributed by atoms with Gasteiger partial charge in [0, 0.05) is 5.02 Å². The highest BCUT2D eigenvalue weighted by molar-refractivity contribution is 6.30. The molecule has 1 rings (SSSR count). The monoisotopic (exact) mass is 199 g/mol. The smallest absolute Gasteiger partial charge is 0.0862 e. The van der Waals surface area contributed by atoms with Gasteiger partial charge in [-0.05, 0) is 17.7 Å². The molecule has 3 N–H and O–H groups in total. The Morgan fingerprint density at radius 3 is 2.38 bits per heavy atom. The van der Waals surface area contributed by atoms with Crippen molar-refractivity contribution in [3.63, 3.8) is 0 Å². The van der Waals surface area contributed by atoms with E-state index < -0.39 is 11.9 Å². The van der Waals surface area contributed by atoms with Gasteiger partial charge in [0.15, 0.2) is 0 Å². The predicted octanol–water partition coefficient (Wildman–Crippen LogP) is -0.585. The SMILES string of the molecule is [NH3+]C[C@@H](C(=O)[O-])c1ccc(Cl)cc1. The standard InChI is InChI=1S/C9H10ClNO2/c10-7-3-1-6(2-4-7)8(5-11)9(12)13/h1-4,8H,5,11H2,(H,12,13)/t8-/m1/s1. The maximum absolute atomic E-state index is 10.6. The zero-order chi connectivity index (χ0) is 9.84. The average Bonchev–Trinajstić information content (AvgIpc) is 2.09. The number of halogens is 1. The van der Waals surface area contributed by atoms with Crippen molar-refractivity contribution >= 4 is 17.6 Å². The van der Waals surface area contributed by atoms with Crippen LogP contribution in [0.1, 0.15) is 11.5 Å². The summed E-state index contributed by atoms with van der Waals surface area (Å²) in [5, 5.41) is 11.2. The molecule has 0 unspecified atom stereocenters. The average molecular weight is 200 g/mol. The third-order valence-corrected chi connectivity index (χ3v) is 2.10. The highest BCUT2D eigenvalue weighted by atomic mass is 35.5. The van der Waals surface area contributed by atoms with Crippen LogP contribution < -0.4 is 10.8 Å². The van der Waals surface area contributed by atoms with Crippen molar-refractivity contribution in [2.45, 2.75) is 5.92 Å². The largest absolute Gasteiger partial charge is 0.549 e. The van der Waals surface area contributed by atoms with E-state index in [2.05, 4.69) is 5.73 Å². The number of rotatable bonds is 3. The molecule has 0 radical (unpaired) electrons. The normalized spacial score (nSPS) is 12.5. The van der Waals surface area contributed by atoms with Crippen LogP contribution in [0.2, 0.25) is 5.02 Å². The van der Waals surface area contributed by atoms with Crippen molar-refractivity contribution in [3.8, 4) is 0 Å². The van der Waals surface area contributed by atoms with Crippen LogP contribution in [-0.2, 0) is 4.79 Å². The summed E-state index contributed by atoms with van der Waals surface area (Å²) in [5.41, 5.74) is 4.23. The van der Waals surface area contributed by atoms with Gasteiger partial charge in [-0.3, -0.25) is 0 Å². The molecule has 70 valence electrons. The summed E-state index contributed by atoms with van der Waals surface area (Å²) in [6.07, 6.45) is 0. The van der Waals surface area contributed by atoms with Crippen LogP contribution in [0.4, 0.5) is 0 Å². The molecule has 4 heteroatoms. The minimum atomic E-state index is -1.10. The van der Waals surface area contributed by atoms with E-state index in [1.165, 1.54) is 0 Å². The van der Waals surface area contributed by atoms with Crippen molar-refractivity contribution in [3.05, 3.63) is 34.9 Å². The summed E-state index contributed by atoms with van der Waals surface area (Å²) in [6, 6.07) is 6.66. The van der Waals surface area contributed by atoms with Crippen molar-refractivity contribution in [2.75, 3.05) is 6.54 Å². The third kappa shape index (κ3) is 2.44. The van der Waals surface area contributed by atoms with Gasteiger partial charge in [-0.2, -0.15) is 0 Å². The Bertz CT molecular complexity index is 297. The van der Waals surface area contributed by atoms with Crippen molar-refractivity contribution in [2.24, 2.45) is 0 Å². The molecule has 0 spiro atoms. The first-order valence-electron chi connectivity index (χ1n) is 3.90. The van der Waals surface area contributed by atoms with Gasteiger partial charge in [0.2, 0.25) is 0 Å². The van der Waals surface area contributed by atoms with E-state index in [1.54, 1.807) is 24.3 Å². The molecule has 1 aromatic rings. The first-order valence-corrected chi connectivity index (χ1v) is 4.28. The number of hydrogen-bond acceptors (Lipinski definition) is 2. The van der Waals surface area contributed by atoms with Gasteiger partial charge in [-0.15, -0.1) is 0 Å². The van der Waals surface area contributed by atoms with Gasteiger partial charge < -0.3 is 15.6 Å². The molecule has 0 aliphatic heterocycles. The summed E-state index contributed by atoms with van der Waals surface area (Å²) in [6.45, 7) is 0.282. The second kappa shape index (κ2) is 4.25. The number of carboxylic acids is 1. The molecule has 0 bridgehead atoms. The summed E-state index contributed by atoms with van der Waals surface area (Å²) in [5.74, 6) is -1.74. The number of carboxylic acid groups (broad SMARTS) is 1. The fourth-order valence-corrected chi connectivity index (χ4v) is 1.24. The van der Waals surface area contributed by atoms with Crippen molar-refractivity contribution in [1.29, 1.82) is 0 Å². The highest BCUT2D eigenvalue weighted by Gasteiger charge is 2.11. The van der Waals surface area contributed by atoms with E-state index in [1.807, 2.05) is 0 Å². The lowest BCUT2D eigenvalue weighted by Crippen LogP contribution is -2.56. The molecule has 0 fully saturated rings. The molecule has 3 nitrogen and oxygen atoms in total. The molecule has 1 aromatic carbocycles. The number of quaternary nitrogens is 1. The van der Waals surface area contributed by atoms with E-state index in [0.717, 1.165) is 0 Å². The van der Waals surface area contributed by atoms with Crippen molar-refractivity contribution < 1.29 is 15.6 Å². The summed E-state index contributed by atoms with van der Waals surface area (Å²) < 4.78 is 0. The Morgan fingerprint density at radius 1 is 1.46 bits per heavy atom. The van der Waals surface area contributed by atoms with Crippen molar-refractivity contribution in [1.82, 2.24) is 0 Å². The molecule has 0 saturated carbocycles. The summed E-state index contributed by atoms with van der Waals surface area (Å²) in [4.78, 5) is 10.6. The lowest BCUT2D eigenvalue weighted by molar-refractivity contribution is -0.379. The molecule has 0 heterocycles.